The summed E-state index contributed by atoms with van der Waals surface area (Å²) in [6, 6.07) is 7.91. The Hall–Kier alpha value is -2.21. The molecule has 6 heteroatoms. The molecule has 0 unspecified atom stereocenters. The molecule has 0 amide bonds. The van der Waals surface area contributed by atoms with Crippen molar-refractivity contribution in [2.45, 2.75) is 6.92 Å². The van der Waals surface area contributed by atoms with Gasteiger partial charge in [0.2, 0.25) is 0 Å². The van der Waals surface area contributed by atoms with Crippen LogP contribution in [0.2, 0.25) is 0 Å². The van der Waals surface area contributed by atoms with Crippen LogP contribution in [0.1, 0.15) is 11.3 Å². The molecule has 2 rings (SSSR count). The van der Waals surface area contributed by atoms with Gasteiger partial charge in [0.15, 0.2) is 5.82 Å². The van der Waals surface area contributed by atoms with Crippen molar-refractivity contribution in [2.75, 3.05) is 18.5 Å². The van der Waals surface area contributed by atoms with Crippen LogP contribution in [0.5, 0.6) is 5.75 Å². The minimum absolute atomic E-state index is 0.222. The van der Waals surface area contributed by atoms with Gasteiger partial charge in [-0.15, -0.1) is 0 Å². The molecule has 3 N–H and O–H groups in total. The smallest absolute Gasteiger partial charge is 0.155 e. The Morgan fingerprint density at radius 1 is 1.35 bits per heavy atom. The summed E-state index contributed by atoms with van der Waals surface area (Å²) in [5.74, 6) is 1.42. The van der Waals surface area contributed by atoms with E-state index in [2.05, 4.69) is 15.3 Å². The maximum Gasteiger partial charge on any atom is 0.155 e. The molecule has 0 saturated heterocycles. The fraction of sp³-hybridized carbons (Fsp3) is 0.214. The number of benzene rings is 1. The highest BCUT2D eigenvalue weighted by Crippen LogP contribution is 2.12. The Balaban J connectivity index is 1.86. The van der Waals surface area contributed by atoms with Gasteiger partial charge in [0.1, 0.15) is 23.0 Å². The highest BCUT2D eigenvalue weighted by Gasteiger charge is 2.06. The van der Waals surface area contributed by atoms with Gasteiger partial charge < -0.3 is 15.8 Å². The predicted molar refractivity (Wildman–Crippen MR) is 83.1 cm³/mol. The molecule has 0 bridgehead atoms. The van der Waals surface area contributed by atoms with Crippen molar-refractivity contribution >= 4 is 23.0 Å². The largest absolute Gasteiger partial charge is 0.492 e. The Morgan fingerprint density at radius 2 is 2.15 bits per heavy atom. The van der Waals surface area contributed by atoms with Gasteiger partial charge >= 0.3 is 0 Å². The maximum absolute atomic E-state index is 5.63. The summed E-state index contributed by atoms with van der Waals surface area (Å²) < 4.78 is 5.63. The first-order valence-corrected chi connectivity index (χ1v) is 6.62. The highest BCUT2D eigenvalue weighted by molar-refractivity contribution is 7.80. The van der Waals surface area contributed by atoms with E-state index in [9.17, 15) is 0 Å². The number of aryl methyl sites for hydroxylation is 1. The van der Waals surface area contributed by atoms with Crippen molar-refractivity contribution < 1.29 is 4.74 Å². The number of aromatic nitrogens is 2. The van der Waals surface area contributed by atoms with E-state index in [1.54, 1.807) is 12.4 Å². The van der Waals surface area contributed by atoms with Gasteiger partial charge in [-0.2, -0.15) is 0 Å². The molecule has 0 aliphatic rings. The molecular weight excluding hydrogens is 272 g/mol. The topological polar surface area (TPSA) is 73.1 Å². The second kappa shape index (κ2) is 6.81. The zero-order chi connectivity index (χ0) is 14.4. The van der Waals surface area contributed by atoms with Crippen molar-refractivity contribution in [3.05, 3.63) is 47.9 Å². The van der Waals surface area contributed by atoms with E-state index in [1.807, 2.05) is 31.2 Å². The quantitative estimate of drug-likeness (QED) is 0.625. The van der Waals surface area contributed by atoms with Gasteiger partial charge in [0, 0.05) is 12.4 Å². The van der Waals surface area contributed by atoms with Crippen LogP contribution in [0.25, 0.3) is 0 Å². The molecule has 0 atom stereocenters. The summed E-state index contributed by atoms with van der Waals surface area (Å²) in [4.78, 5) is 8.48. The number of nitrogens with zero attached hydrogens (tertiary/aromatic N) is 2. The second-order valence-corrected chi connectivity index (χ2v) is 4.65. The van der Waals surface area contributed by atoms with Gasteiger partial charge in [-0.25, -0.2) is 9.97 Å². The lowest BCUT2D eigenvalue weighted by atomic mass is 10.2. The molecule has 1 heterocycles. The van der Waals surface area contributed by atoms with Gasteiger partial charge in [-0.1, -0.05) is 24.4 Å². The molecule has 1 aromatic carbocycles. The van der Waals surface area contributed by atoms with Crippen LogP contribution in [0, 0.1) is 6.92 Å². The first-order chi connectivity index (χ1) is 9.66. The fourth-order valence-corrected chi connectivity index (χ4v) is 1.84. The molecule has 2 aromatic rings. The van der Waals surface area contributed by atoms with E-state index in [4.69, 9.17) is 22.7 Å². The third-order valence-electron chi connectivity index (χ3n) is 2.58. The average molecular weight is 288 g/mol. The lowest BCUT2D eigenvalue weighted by Gasteiger charge is -2.10. The van der Waals surface area contributed by atoms with Crippen LogP contribution >= 0.6 is 12.2 Å². The molecule has 0 aliphatic heterocycles. The molecule has 20 heavy (non-hydrogen) atoms. The van der Waals surface area contributed by atoms with E-state index in [0.717, 1.165) is 5.75 Å². The van der Waals surface area contributed by atoms with E-state index < -0.39 is 0 Å². The molecule has 5 nitrogen and oxygen atoms in total. The summed E-state index contributed by atoms with van der Waals surface area (Å²) in [7, 11) is 0. The number of thiocarbonyl (C=S) groups is 1. The van der Waals surface area contributed by atoms with Crippen molar-refractivity contribution in [2.24, 2.45) is 5.73 Å². The first-order valence-electron chi connectivity index (χ1n) is 6.21. The third kappa shape index (κ3) is 3.89. The molecule has 0 spiro atoms. The van der Waals surface area contributed by atoms with Gasteiger partial charge in [0.05, 0.1) is 6.54 Å². The summed E-state index contributed by atoms with van der Waals surface area (Å²) in [5, 5.41) is 3.11. The maximum atomic E-state index is 5.63. The monoisotopic (exact) mass is 288 g/mol. The normalized spacial score (nSPS) is 10.1. The molecule has 1 aromatic heterocycles. The van der Waals surface area contributed by atoms with Crippen LogP contribution in [-0.4, -0.2) is 28.1 Å². The number of hydrogen-bond donors (Lipinski definition) is 2. The Bertz CT molecular complexity index is 603. The SMILES string of the molecule is Cc1cccc(OCCNc2nccnc2C(N)=S)c1. The van der Waals surface area contributed by atoms with E-state index in [1.165, 1.54) is 5.56 Å². The Labute approximate surface area is 123 Å². The lowest BCUT2D eigenvalue weighted by Crippen LogP contribution is -2.19. The molecule has 104 valence electrons. The summed E-state index contributed by atoms with van der Waals surface area (Å²) in [6.45, 7) is 3.12. The third-order valence-corrected chi connectivity index (χ3v) is 2.78. The number of ether oxygens (including phenoxy) is 1. The van der Waals surface area contributed by atoms with Crippen molar-refractivity contribution in [1.29, 1.82) is 0 Å². The van der Waals surface area contributed by atoms with Crippen LogP contribution in [0.3, 0.4) is 0 Å². The minimum atomic E-state index is 0.222. The molecule has 0 radical (unpaired) electrons. The number of hydrogen-bond acceptors (Lipinski definition) is 5. The number of rotatable bonds is 6. The molecular formula is C14H16N4OS. The van der Waals surface area contributed by atoms with Crippen LogP contribution < -0.4 is 15.8 Å². The highest BCUT2D eigenvalue weighted by atomic mass is 32.1. The predicted octanol–water partition coefficient (Wildman–Crippen LogP) is 1.91. The van der Waals surface area contributed by atoms with E-state index >= 15 is 0 Å². The van der Waals surface area contributed by atoms with Crippen LogP contribution in [-0.2, 0) is 0 Å². The zero-order valence-electron chi connectivity index (χ0n) is 11.2. The lowest BCUT2D eigenvalue weighted by molar-refractivity contribution is 0.332. The van der Waals surface area contributed by atoms with Gasteiger partial charge in [-0.05, 0) is 24.6 Å². The van der Waals surface area contributed by atoms with Crippen molar-refractivity contribution in [3.63, 3.8) is 0 Å². The first kappa shape index (κ1) is 14.2. The zero-order valence-corrected chi connectivity index (χ0v) is 12.0. The van der Waals surface area contributed by atoms with E-state index in [-0.39, 0.29) is 4.99 Å². The Morgan fingerprint density at radius 3 is 2.90 bits per heavy atom. The number of nitrogens with two attached hydrogens (primary N) is 1. The van der Waals surface area contributed by atoms with Gasteiger partial charge in [-0.3, -0.25) is 0 Å². The molecule has 0 fully saturated rings. The molecule has 0 saturated carbocycles. The van der Waals surface area contributed by atoms with E-state index in [0.29, 0.717) is 24.7 Å². The fourth-order valence-electron chi connectivity index (χ4n) is 1.69. The Kier molecular flexibility index (Phi) is 4.84. The number of nitrogens with one attached hydrogen (secondary N) is 1. The van der Waals surface area contributed by atoms with Crippen LogP contribution in [0.4, 0.5) is 5.82 Å². The summed E-state index contributed by atoms with van der Waals surface area (Å²) in [6.07, 6.45) is 3.15. The second-order valence-electron chi connectivity index (χ2n) is 4.21. The van der Waals surface area contributed by atoms with Crippen molar-refractivity contribution in [3.8, 4) is 5.75 Å². The summed E-state index contributed by atoms with van der Waals surface area (Å²) in [5.41, 5.74) is 7.25. The molecule has 0 aliphatic carbocycles. The standard InChI is InChI=1S/C14H16N4OS/c1-10-3-2-4-11(9-10)19-8-7-18-14-12(13(15)20)16-5-6-17-14/h2-6,9H,7-8H2,1H3,(H2,15,20)(H,17,18). The average Bonchev–Trinajstić information content (AvgIpc) is 2.44. The number of anilines is 1. The minimum Gasteiger partial charge on any atom is -0.492 e. The summed E-state index contributed by atoms with van der Waals surface area (Å²) >= 11 is 4.92. The van der Waals surface area contributed by atoms with Crippen molar-refractivity contribution in [1.82, 2.24) is 9.97 Å². The van der Waals surface area contributed by atoms with Crippen LogP contribution in [0.15, 0.2) is 36.7 Å². The van der Waals surface area contributed by atoms with Gasteiger partial charge in [0.25, 0.3) is 0 Å².